The van der Waals surface area contributed by atoms with E-state index in [1.54, 1.807) is 0 Å². The van der Waals surface area contributed by atoms with Crippen LogP contribution < -0.4 is 0 Å². The first kappa shape index (κ1) is 28.6. The molecule has 12 aromatic rings. The van der Waals surface area contributed by atoms with Gasteiger partial charge in [0.05, 0.1) is 11.6 Å². The van der Waals surface area contributed by atoms with Gasteiger partial charge in [-0.1, -0.05) is 127 Å². The molecule has 0 saturated heterocycles. The lowest BCUT2D eigenvalue weighted by molar-refractivity contribution is 0.619. The molecule has 0 N–H and O–H groups in total. The quantitative estimate of drug-likeness (QED) is 0.175. The van der Waals surface area contributed by atoms with Crippen molar-refractivity contribution in [2.24, 2.45) is 0 Å². The van der Waals surface area contributed by atoms with Crippen LogP contribution in [0.3, 0.4) is 0 Å². The number of fused-ring (bicyclic) bond motifs is 12. The predicted octanol–water partition coefficient (Wildman–Crippen LogP) is 14.7. The maximum atomic E-state index is 6.55. The normalized spacial score (nSPS) is 12.2. The second kappa shape index (κ2) is 10.7. The topological polar surface area (TPSA) is 39.4 Å². The van der Waals surface area contributed by atoms with Gasteiger partial charge in [-0.2, -0.15) is 0 Å². The van der Waals surface area contributed by atoms with E-state index >= 15 is 0 Å². The minimum Gasteiger partial charge on any atom is -0.463 e. The minimum absolute atomic E-state index is 0.816. The Morgan fingerprint density at radius 1 is 0.302 bits per heavy atom. The van der Waals surface area contributed by atoms with Crippen molar-refractivity contribution in [3.05, 3.63) is 170 Å². The van der Waals surface area contributed by atoms with Gasteiger partial charge >= 0.3 is 0 Å². The smallest absolute Gasteiger partial charge is 0.146 e. The summed E-state index contributed by atoms with van der Waals surface area (Å²) in [5.74, 6) is 0. The molecule has 0 aliphatic rings. The molecule has 0 spiro atoms. The van der Waals surface area contributed by atoms with E-state index in [0.29, 0.717) is 0 Å². The van der Waals surface area contributed by atoms with Crippen LogP contribution in [0.5, 0.6) is 0 Å². The van der Waals surface area contributed by atoms with E-state index in [4.69, 9.17) is 13.3 Å². The van der Waals surface area contributed by atoms with Gasteiger partial charge in [-0.05, 0) is 96.5 Å². The third-order valence-electron chi connectivity index (χ3n) is 11.1. The summed E-state index contributed by atoms with van der Waals surface area (Å²) in [5, 5.41) is 12.6. The maximum Gasteiger partial charge on any atom is 0.146 e. The fourth-order valence-electron chi connectivity index (χ4n) is 8.88. The van der Waals surface area contributed by atoms with Gasteiger partial charge < -0.3 is 13.3 Å². The summed E-state index contributed by atoms with van der Waals surface area (Å²) in [5.41, 5.74) is 11.2. The van der Waals surface area contributed by atoms with Gasteiger partial charge in [-0.3, -0.25) is 0 Å². The molecule has 0 amide bonds. The van der Waals surface area contributed by atoms with Crippen molar-refractivity contribution >= 4 is 87.2 Å². The van der Waals surface area contributed by atoms with E-state index in [-0.39, 0.29) is 0 Å². The number of furan rings is 3. The molecule has 0 saturated carbocycles. The highest BCUT2D eigenvalue weighted by Gasteiger charge is 2.22. The summed E-state index contributed by atoms with van der Waals surface area (Å²) in [4.78, 5) is 0. The Labute approximate surface area is 302 Å². The fraction of sp³-hybridized carbons (Fsp3) is 0. The lowest BCUT2D eigenvalue weighted by atomic mass is 9.84. The lowest BCUT2D eigenvalue weighted by Crippen LogP contribution is -1.92. The monoisotopic (exact) mass is 676 g/mol. The Balaban J connectivity index is 1.15. The first-order chi connectivity index (χ1) is 26.3. The van der Waals surface area contributed by atoms with Crippen LogP contribution in [0, 0.1) is 0 Å². The van der Waals surface area contributed by atoms with Gasteiger partial charge in [-0.25, -0.2) is 0 Å². The van der Waals surface area contributed by atoms with Crippen LogP contribution in [-0.2, 0) is 0 Å². The van der Waals surface area contributed by atoms with E-state index < -0.39 is 0 Å². The Morgan fingerprint density at radius 2 is 0.887 bits per heavy atom. The van der Waals surface area contributed by atoms with Crippen molar-refractivity contribution in [3.63, 3.8) is 0 Å². The number of hydrogen-bond acceptors (Lipinski definition) is 3. The zero-order valence-corrected chi connectivity index (χ0v) is 28.4. The number of rotatable bonds is 3. The SMILES string of the molecule is c1ccc(-c2coc3c2ccc2oc4ccc(-c5c6ccccc6c(-c6cc7oc8ccccc8c7c7ccccc67)c6ccccc56)cc4c23)cc1. The predicted molar refractivity (Wildman–Crippen MR) is 220 cm³/mol. The number of para-hydroxylation sites is 1. The van der Waals surface area contributed by atoms with Crippen molar-refractivity contribution in [3.8, 4) is 33.4 Å². The average Bonchev–Trinajstić information content (AvgIpc) is 3.93. The zero-order valence-electron chi connectivity index (χ0n) is 28.4. The van der Waals surface area contributed by atoms with Gasteiger partial charge in [0, 0.05) is 27.1 Å². The summed E-state index contributed by atoms with van der Waals surface area (Å²) in [6, 6.07) is 58.2. The van der Waals surface area contributed by atoms with Gasteiger partial charge in [-0.15, -0.1) is 0 Å². The summed E-state index contributed by atoms with van der Waals surface area (Å²) in [6.45, 7) is 0. The summed E-state index contributed by atoms with van der Waals surface area (Å²) in [6.07, 6.45) is 1.87. The van der Waals surface area contributed by atoms with E-state index in [1.165, 1.54) is 43.4 Å². The van der Waals surface area contributed by atoms with Crippen LogP contribution in [0.25, 0.3) is 121 Å². The zero-order chi connectivity index (χ0) is 34.6. The Kier molecular flexibility index (Phi) is 5.77. The second-order valence-electron chi connectivity index (χ2n) is 13.9. The van der Waals surface area contributed by atoms with Crippen LogP contribution >= 0.6 is 0 Å². The first-order valence-electron chi connectivity index (χ1n) is 18.0. The summed E-state index contributed by atoms with van der Waals surface area (Å²) < 4.78 is 19.3. The summed E-state index contributed by atoms with van der Waals surface area (Å²) in [7, 11) is 0. The molecule has 3 nitrogen and oxygen atoms in total. The molecule has 0 aliphatic carbocycles. The van der Waals surface area contributed by atoms with Gasteiger partial charge in [0.1, 0.15) is 27.9 Å². The third kappa shape index (κ3) is 3.99. The standard InChI is InChI=1S/C50H28O3/c1-2-12-29(13-3-1)41-28-51-50-37(41)23-25-44-49(50)40-26-30(22-24-43(40)52-44)46-33-16-6-8-18-35(33)47(36-19-9-7-17-34(36)46)39-27-45-48(32-15-5-4-14-31(32)39)38-20-10-11-21-42(38)53-45/h1-28H. The molecule has 246 valence electrons. The van der Waals surface area contributed by atoms with Crippen LogP contribution in [0.1, 0.15) is 0 Å². The molecule has 0 radical (unpaired) electrons. The molecular formula is C50H28O3. The third-order valence-corrected chi connectivity index (χ3v) is 11.1. The van der Waals surface area contributed by atoms with Crippen molar-refractivity contribution < 1.29 is 13.3 Å². The second-order valence-corrected chi connectivity index (χ2v) is 13.9. The first-order valence-corrected chi connectivity index (χ1v) is 18.0. The Bertz CT molecular complexity index is 3390. The van der Waals surface area contributed by atoms with Crippen molar-refractivity contribution in [1.29, 1.82) is 0 Å². The molecule has 0 aliphatic heterocycles. The fourth-order valence-corrected chi connectivity index (χ4v) is 8.88. The van der Waals surface area contributed by atoms with Crippen LogP contribution in [-0.4, -0.2) is 0 Å². The van der Waals surface area contributed by atoms with Crippen LogP contribution in [0.4, 0.5) is 0 Å². The van der Waals surface area contributed by atoms with Crippen LogP contribution in [0.2, 0.25) is 0 Å². The average molecular weight is 677 g/mol. The molecule has 3 heteroatoms. The minimum atomic E-state index is 0.816. The molecular weight excluding hydrogens is 649 g/mol. The van der Waals surface area contributed by atoms with Crippen LogP contribution in [0.15, 0.2) is 183 Å². The number of benzene rings is 9. The molecule has 0 atom stereocenters. The Morgan fingerprint density at radius 3 is 1.64 bits per heavy atom. The largest absolute Gasteiger partial charge is 0.463 e. The highest BCUT2D eigenvalue weighted by atomic mass is 16.3. The van der Waals surface area contributed by atoms with E-state index in [1.807, 2.05) is 18.4 Å². The summed E-state index contributed by atoms with van der Waals surface area (Å²) >= 11 is 0. The molecule has 0 unspecified atom stereocenters. The van der Waals surface area contributed by atoms with Crippen molar-refractivity contribution in [2.75, 3.05) is 0 Å². The van der Waals surface area contributed by atoms with Crippen molar-refractivity contribution in [2.45, 2.75) is 0 Å². The number of hydrogen-bond donors (Lipinski definition) is 0. The van der Waals surface area contributed by atoms with Gasteiger partial charge in [0.2, 0.25) is 0 Å². The molecule has 9 aromatic carbocycles. The van der Waals surface area contributed by atoms with Gasteiger partial charge in [0.25, 0.3) is 0 Å². The van der Waals surface area contributed by atoms with E-state index in [9.17, 15) is 0 Å². The van der Waals surface area contributed by atoms with E-state index in [0.717, 1.165) is 77.1 Å². The van der Waals surface area contributed by atoms with Crippen molar-refractivity contribution in [1.82, 2.24) is 0 Å². The molecule has 53 heavy (non-hydrogen) atoms. The molecule has 0 bridgehead atoms. The molecule has 3 heterocycles. The lowest BCUT2D eigenvalue weighted by Gasteiger charge is -2.19. The highest BCUT2D eigenvalue weighted by molar-refractivity contribution is 6.28. The van der Waals surface area contributed by atoms with E-state index in [2.05, 4.69) is 152 Å². The molecule has 3 aromatic heterocycles. The highest BCUT2D eigenvalue weighted by Crippen LogP contribution is 2.49. The molecule has 12 rings (SSSR count). The van der Waals surface area contributed by atoms with Gasteiger partial charge in [0.15, 0.2) is 0 Å². The Hall–Kier alpha value is -7.10. The maximum absolute atomic E-state index is 6.55. The molecule has 0 fully saturated rings.